The zero-order valence-electron chi connectivity index (χ0n) is 11.5. The molecule has 3 aromatic rings. The van der Waals surface area contributed by atoms with Crippen LogP contribution in [-0.4, -0.2) is 4.57 Å². The number of benzene rings is 2. The molecule has 0 saturated carbocycles. The molecule has 4 heteroatoms. The molecular formula is C17H14ClN2O. The zero-order valence-corrected chi connectivity index (χ0v) is 12.3. The molecule has 3 rings (SSSR count). The van der Waals surface area contributed by atoms with Gasteiger partial charge >= 0.3 is 0 Å². The maximum absolute atomic E-state index is 12.6. The highest BCUT2D eigenvalue weighted by atomic mass is 35.5. The van der Waals surface area contributed by atoms with Gasteiger partial charge in [-0.2, -0.15) is 0 Å². The first-order valence-electron chi connectivity index (χ1n) is 6.65. The molecule has 0 unspecified atom stereocenters. The molecule has 2 N–H and O–H groups in total. The zero-order chi connectivity index (χ0) is 15.0. The Morgan fingerprint density at radius 3 is 2.57 bits per heavy atom. The summed E-state index contributed by atoms with van der Waals surface area (Å²) in [7, 11) is 0. The topological polar surface area (TPSA) is 48.0 Å². The number of nitrogens with two attached hydrogens (primary N) is 1. The first-order valence-corrected chi connectivity index (χ1v) is 7.03. The molecule has 105 valence electrons. The van der Waals surface area contributed by atoms with Crippen molar-refractivity contribution in [3.63, 3.8) is 0 Å². The number of rotatable bonds is 2. The van der Waals surface area contributed by atoms with Crippen molar-refractivity contribution in [3.8, 4) is 5.69 Å². The quantitative estimate of drug-likeness (QED) is 0.787. The lowest BCUT2D eigenvalue weighted by Crippen LogP contribution is -2.18. The maximum Gasteiger partial charge on any atom is 0.264 e. The van der Waals surface area contributed by atoms with Crippen LogP contribution in [0.2, 0.25) is 5.02 Å². The van der Waals surface area contributed by atoms with Crippen molar-refractivity contribution < 1.29 is 0 Å². The minimum absolute atomic E-state index is 0.0311. The summed E-state index contributed by atoms with van der Waals surface area (Å²) in [6, 6.07) is 15.8. The lowest BCUT2D eigenvalue weighted by molar-refractivity contribution is 0.817. The number of hydrogen-bond donors (Lipinski definition) is 1. The second-order valence-corrected chi connectivity index (χ2v) is 5.39. The molecule has 0 saturated heterocycles. The molecule has 1 heterocycles. The van der Waals surface area contributed by atoms with Crippen LogP contribution in [0.15, 0.2) is 53.5 Å². The van der Waals surface area contributed by atoms with Gasteiger partial charge in [-0.15, -0.1) is 0 Å². The Balaban J connectivity index is 2.19. The highest BCUT2D eigenvalue weighted by molar-refractivity contribution is 6.35. The van der Waals surface area contributed by atoms with Gasteiger partial charge in [0.15, 0.2) is 0 Å². The van der Waals surface area contributed by atoms with Crippen molar-refractivity contribution >= 4 is 22.4 Å². The third-order valence-electron chi connectivity index (χ3n) is 3.50. The van der Waals surface area contributed by atoms with E-state index in [0.29, 0.717) is 10.4 Å². The van der Waals surface area contributed by atoms with Gasteiger partial charge < -0.3 is 5.73 Å². The third-order valence-corrected chi connectivity index (χ3v) is 3.81. The summed E-state index contributed by atoms with van der Waals surface area (Å²) >= 11 is 6.14. The average molecular weight is 298 g/mol. The SMILES string of the molecule is C[C@@H](N)c1ccc(-n2ccc3[c]ccc(Cl)c3c2=O)cc1. The Morgan fingerprint density at radius 1 is 1.19 bits per heavy atom. The van der Waals surface area contributed by atoms with Crippen LogP contribution >= 0.6 is 11.6 Å². The van der Waals surface area contributed by atoms with Gasteiger partial charge in [0.2, 0.25) is 0 Å². The number of halogens is 1. The molecular weight excluding hydrogens is 284 g/mol. The van der Waals surface area contributed by atoms with Crippen LogP contribution in [0.1, 0.15) is 18.5 Å². The van der Waals surface area contributed by atoms with Crippen LogP contribution in [0.3, 0.4) is 0 Å². The van der Waals surface area contributed by atoms with Gasteiger partial charge in [0.05, 0.1) is 10.4 Å². The van der Waals surface area contributed by atoms with Crippen LogP contribution in [0, 0.1) is 6.07 Å². The number of aromatic nitrogens is 1. The van der Waals surface area contributed by atoms with Crippen molar-refractivity contribution in [1.29, 1.82) is 0 Å². The van der Waals surface area contributed by atoms with Gasteiger partial charge in [-0.1, -0.05) is 29.8 Å². The molecule has 0 bridgehead atoms. The standard InChI is InChI=1S/C17H14ClN2O/c1-11(19)12-5-7-14(8-6-12)20-10-9-13-3-2-4-15(18)16(13)17(20)21/h2,4-11H,19H2,1H3/t11-/m1/s1. The summed E-state index contributed by atoms with van der Waals surface area (Å²) in [4.78, 5) is 12.6. The monoisotopic (exact) mass is 297 g/mol. The minimum Gasteiger partial charge on any atom is -0.324 e. The number of hydrogen-bond acceptors (Lipinski definition) is 2. The normalized spacial score (nSPS) is 12.5. The van der Waals surface area contributed by atoms with E-state index >= 15 is 0 Å². The van der Waals surface area contributed by atoms with Crippen molar-refractivity contribution in [3.05, 3.63) is 75.7 Å². The van der Waals surface area contributed by atoms with E-state index in [4.69, 9.17) is 17.3 Å². The van der Waals surface area contributed by atoms with E-state index < -0.39 is 0 Å². The highest BCUT2D eigenvalue weighted by Crippen LogP contribution is 2.20. The lowest BCUT2D eigenvalue weighted by atomic mass is 10.1. The lowest BCUT2D eigenvalue weighted by Gasteiger charge is -2.10. The van der Waals surface area contributed by atoms with Crippen LogP contribution in [0.4, 0.5) is 0 Å². The Bertz CT molecular complexity index is 851. The number of pyridine rings is 1. The molecule has 1 atom stereocenters. The molecule has 0 fully saturated rings. The van der Waals surface area contributed by atoms with Gasteiger partial charge in [-0.25, -0.2) is 0 Å². The van der Waals surface area contributed by atoms with E-state index in [-0.39, 0.29) is 11.6 Å². The first-order chi connectivity index (χ1) is 10.1. The van der Waals surface area contributed by atoms with E-state index in [1.165, 1.54) is 0 Å². The fourth-order valence-corrected chi connectivity index (χ4v) is 2.56. The van der Waals surface area contributed by atoms with Gasteiger partial charge in [0.25, 0.3) is 5.56 Å². The second-order valence-electron chi connectivity index (χ2n) is 4.99. The minimum atomic E-state index is -0.150. The fraction of sp³-hybridized carbons (Fsp3) is 0.118. The Labute approximate surface area is 127 Å². The molecule has 2 aromatic carbocycles. The van der Waals surface area contributed by atoms with Gasteiger partial charge in [-0.05, 0) is 48.2 Å². The summed E-state index contributed by atoms with van der Waals surface area (Å²) in [5, 5.41) is 1.64. The van der Waals surface area contributed by atoms with Crippen molar-refractivity contribution in [2.75, 3.05) is 0 Å². The van der Waals surface area contributed by atoms with Gasteiger partial charge in [-0.3, -0.25) is 9.36 Å². The highest BCUT2D eigenvalue weighted by Gasteiger charge is 2.08. The Morgan fingerprint density at radius 2 is 1.90 bits per heavy atom. The van der Waals surface area contributed by atoms with Gasteiger partial charge in [0, 0.05) is 17.9 Å². The first kappa shape index (κ1) is 13.9. The van der Waals surface area contributed by atoms with E-state index in [0.717, 1.165) is 16.6 Å². The molecule has 3 nitrogen and oxygen atoms in total. The maximum atomic E-state index is 12.6. The predicted octanol–water partition coefficient (Wildman–Crippen LogP) is 3.46. The summed E-state index contributed by atoms with van der Waals surface area (Å²) in [6.07, 6.45) is 1.73. The Hall–Kier alpha value is -2.10. The van der Waals surface area contributed by atoms with Crippen molar-refractivity contribution in [1.82, 2.24) is 4.57 Å². The Kier molecular flexibility index (Phi) is 3.53. The number of fused-ring (bicyclic) bond motifs is 1. The summed E-state index contributed by atoms with van der Waals surface area (Å²) in [5.41, 5.74) is 7.50. The summed E-state index contributed by atoms with van der Waals surface area (Å²) < 4.78 is 1.58. The predicted molar refractivity (Wildman–Crippen MR) is 86.0 cm³/mol. The molecule has 0 aliphatic carbocycles. The van der Waals surface area contributed by atoms with Crippen LogP contribution in [-0.2, 0) is 0 Å². The van der Waals surface area contributed by atoms with Crippen molar-refractivity contribution in [2.24, 2.45) is 5.73 Å². The van der Waals surface area contributed by atoms with Gasteiger partial charge in [0.1, 0.15) is 0 Å². The summed E-state index contributed by atoms with van der Waals surface area (Å²) in [5.74, 6) is 0. The summed E-state index contributed by atoms with van der Waals surface area (Å²) in [6.45, 7) is 1.92. The third kappa shape index (κ3) is 2.46. The number of nitrogens with zero attached hydrogens (tertiary/aromatic N) is 1. The molecule has 1 radical (unpaired) electrons. The van der Waals surface area contributed by atoms with Crippen LogP contribution in [0.25, 0.3) is 16.5 Å². The van der Waals surface area contributed by atoms with E-state index in [2.05, 4.69) is 6.07 Å². The van der Waals surface area contributed by atoms with Crippen LogP contribution in [0.5, 0.6) is 0 Å². The molecule has 0 spiro atoms. The van der Waals surface area contributed by atoms with Crippen molar-refractivity contribution in [2.45, 2.75) is 13.0 Å². The average Bonchev–Trinajstić information content (AvgIpc) is 2.48. The molecule has 1 aromatic heterocycles. The fourth-order valence-electron chi connectivity index (χ4n) is 2.32. The van der Waals surface area contributed by atoms with Crippen LogP contribution < -0.4 is 11.3 Å². The second kappa shape index (κ2) is 5.35. The van der Waals surface area contributed by atoms with E-state index in [1.807, 2.05) is 37.3 Å². The molecule has 0 aliphatic rings. The van der Waals surface area contributed by atoms with E-state index in [1.54, 1.807) is 22.9 Å². The molecule has 0 amide bonds. The molecule has 21 heavy (non-hydrogen) atoms. The van der Waals surface area contributed by atoms with E-state index in [9.17, 15) is 4.79 Å². The molecule has 0 aliphatic heterocycles. The smallest absolute Gasteiger partial charge is 0.264 e. The largest absolute Gasteiger partial charge is 0.324 e.